The molecule has 0 aromatic heterocycles. The molecule has 1 heterocycles. The highest BCUT2D eigenvalue weighted by molar-refractivity contribution is 5.98. The van der Waals surface area contributed by atoms with E-state index in [9.17, 15) is 9.59 Å². The number of ether oxygens (including phenoxy) is 1. The lowest BCUT2D eigenvalue weighted by Gasteiger charge is -2.30. The van der Waals surface area contributed by atoms with Crippen molar-refractivity contribution in [3.63, 3.8) is 0 Å². The number of nitrogens with one attached hydrogen (secondary N) is 2. The number of amides is 2. The second-order valence-corrected chi connectivity index (χ2v) is 8.66. The molecule has 2 aromatic carbocycles. The van der Waals surface area contributed by atoms with Crippen LogP contribution in [0.15, 0.2) is 48.5 Å². The number of carbonyl (C=O) groups is 2. The highest BCUT2D eigenvalue weighted by Crippen LogP contribution is 2.24. The summed E-state index contributed by atoms with van der Waals surface area (Å²) < 4.78 is 5.82. The number of para-hydroxylation sites is 2. The summed E-state index contributed by atoms with van der Waals surface area (Å²) in [6.07, 6.45) is 2.08. The maximum Gasteiger partial charge on any atom is 0.253 e. The molecule has 0 saturated carbocycles. The van der Waals surface area contributed by atoms with Gasteiger partial charge in [-0.3, -0.25) is 9.59 Å². The fourth-order valence-electron chi connectivity index (χ4n) is 3.50. The molecule has 2 aromatic rings. The van der Waals surface area contributed by atoms with Crippen molar-refractivity contribution in [3.8, 4) is 5.75 Å². The third-order valence-electron chi connectivity index (χ3n) is 5.36. The number of carbonyl (C=O) groups excluding carboxylic acids is 2. The van der Waals surface area contributed by atoms with Gasteiger partial charge in [0.25, 0.3) is 5.91 Å². The molecule has 1 fully saturated rings. The number of likely N-dealkylation sites (tertiary alicyclic amines) is 1. The molecule has 166 valence electrons. The Balaban J connectivity index is 1.56. The molecule has 1 saturated heterocycles. The molecule has 0 aliphatic carbocycles. The van der Waals surface area contributed by atoms with Gasteiger partial charge in [-0.2, -0.15) is 0 Å². The summed E-state index contributed by atoms with van der Waals surface area (Å²) >= 11 is 0. The SMILES string of the molecule is CC(C)COc1ccccc1NCC(=O)Nc1cccc(C(=O)N2CCC(C)CC2)c1. The van der Waals surface area contributed by atoms with Crippen LogP contribution >= 0.6 is 0 Å². The zero-order chi connectivity index (χ0) is 22.2. The Morgan fingerprint density at radius 2 is 1.84 bits per heavy atom. The lowest BCUT2D eigenvalue weighted by Crippen LogP contribution is -2.37. The van der Waals surface area contributed by atoms with Crippen LogP contribution in [0, 0.1) is 11.8 Å². The van der Waals surface area contributed by atoms with Gasteiger partial charge in [0.15, 0.2) is 0 Å². The van der Waals surface area contributed by atoms with E-state index in [4.69, 9.17) is 4.74 Å². The van der Waals surface area contributed by atoms with Crippen LogP contribution in [-0.4, -0.2) is 43.0 Å². The summed E-state index contributed by atoms with van der Waals surface area (Å²) in [7, 11) is 0. The van der Waals surface area contributed by atoms with Crippen LogP contribution in [0.3, 0.4) is 0 Å². The molecule has 0 radical (unpaired) electrons. The molecule has 6 nitrogen and oxygen atoms in total. The van der Waals surface area contributed by atoms with Crippen LogP contribution in [0.4, 0.5) is 11.4 Å². The van der Waals surface area contributed by atoms with Crippen LogP contribution < -0.4 is 15.4 Å². The highest BCUT2D eigenvalue weighted by Gasteiger charge is 2.21. The van der Waals surface area contributed by atoms with Crippen LogP contribution in [0.2, 0.25) is 0 Å². The van der Waals surface area contributed by atoms with Crippen LogP contribution in [0.5, 0.6) is 5.75 Å². The third-order valence-corrected chi connectivity index (χ3v) is 5.36. The summed E-state index contributed by atoms with van der Waals surface area (Å²) in [6, 6.07) is 14.7. The molecule has 3 rings (SSSR count). The van der Waals surface area contributed by atoms with Crippen molar-refractivity contribution < 1.29 is 14.3 Å². The molecule has 6 heteroatoms. The monoisotopic (exact) mass is 423 g/mol. The fourth-order valence-corrected chi connectivity index (χ4v) is 3.50. The minimum absolute atomic E-state index is 0.0253. The Labute approximate surface area is 185 Å². The molecule has 0 unspecified atom stereocenters. The van der Waals surface area contributed by atoms with Gasteiger partial charge in [0, 0.05) is 24.3 Å². The van der Waals surface area contributed by atoms with Crippen LogP contribution in [0.25, 0.3) is 0 Å². The normalized spacial score (nSPS) is 14.4. The standard InChI is InChI=1S/C25H33N3O3/c1-18(2)17-31-23-10-5-4-9-22(23)26-16-24(29)27-21-8-6-7-20(15-21)25(30)28-13-11-19(3)12-14-28/h4-10,15,18-19,26H,11-14,16-17H2,1-3H3,(H,27,29). The van der Waals surface area contributed by atoms with Gasteiger partial charge in [0.05, 0.1) is 18.8 Å². The minimum Gasteiger partial charge on any atom is -0.491 e. The predicted molar refractivity (Wildman–Crippen MR) is 125 cm³/mol. The first kappa shape index (κ1) is 22.7. The van der Waals surface area contributed by atoms with Gasteiger partial charge >= 0.3 is 0 Å². The Kier molecular flexibility index (Phi) is 7.93. The first-order valence-electron chi connectivity index (χ1n) is 11.1. The van der Waals surface area contributed by atoms with E-state index < -0.39 is 0 Å². The maximum atomic E-state index is 12.8. The molecule has 0 spiro atoms. The topological polar surface area (TPSA) is 70.7 Å². The predicted octanol–water partition coefficient (Wildman–Crippen LogP) is 4.64. The zero-order valence-electron chi connectivity index (χ0n) is 18.7. The average Bonchev–Trinajstić information content (AvgIpc) is 2.77. The van der Waals surface area contributed by atoms with E-state index >= 15 is 0 Å². The van der Waals surface area contributed by atoms with E-state index in [1.165, 1.54) is 0 Å². The van der Waals surface area contributed by atoms with E-state index in [0.717, 1.165) is 37.4 Å². The largest absolute Gasteiger partial charge is 0.491 e. The number of benzene rings is 2. The second-order valence-electron chi connectivity index (χ2n) is 8.66. The third kappa shape index (κ3) is 6.74. The van der Waals surface area contributed by atoms with Gasteiger partial charge in [-0.1, -0.05) is 39.0 Å². The van der Waals surface area contributed by atoms with Crippen molar-refractivity contribution in [2.75, 3.05) is 36.9 Å². The van der Waals surface area contributed by atoms with Gasteiger partial charge < -0.3 is 20.3 Å². The molecule has 0 atom stereocenters. The highest BCUT2D eigenvalue weighted by atomic mass is 16.5. The molecule has 1 aliphatic rings. The molecular formula is C25H33N3O3. The van der Waals surface area contributed by atoms with E-state index in [2.05, 4.69) is 31.4 Å². The summed E-state index contributed by atoms with van der Waals surface area (Å²) in [4.78, 5) is 27.2. The zero-order valence-corrected chi connectivity index (χ0v) is 18.7. The molecular weight excluding hydrogens is 390 g/mol. The Hall–Kier alpha value is -3.02. The maximum absolute atomic E-state index is 12.8. The first-order valence-corrected chi connectivity index (χ1v) is 11.1. The summed E-state index contributed by atoms with van der Waals surface area (Å²) in [6.45, 7) is 8.70. The molecule has 2 N–H and O–H groups in total. The van der Waals surface area contributed by atoms with Crippen molar-refractivity contribution in [2.24, 2.45) is 11.8 Å². The summed E-state index contributed by atoms with van der Waals surface area (Å²) in [5.41, 5.74) is 2.00. The van der Waals surface area contributed by atoms with Gasteiger partial charge in [-0.25, -0.2) is 0 Å². The number of rotatable bonds is 8. The van der Waals surface area contributed by atoms with Crippen LogP contribution in [-0.2, 0) is 4.79 Å². The van der Waals surface area contributed by atoms with E-state index in [1.807, 2.05) is 29.2 Å². The number of anilines is 2. The molecule has 1 aliphatic heterocycles. The van der Waals surface area contributed by atoms with Gasteiger partial charge in [0.1, 0.15) is 5.75 Å². The lowest BCUT2D eigenvalue weighted by molar-refractivity contribution is -0.114. The number of hydrogen-bond donors (Lipinski definition) is 2. The number of piperidine rings is 1. The first-order chi connectivity index (χ1) is 14.9. The van der Waals surface area contributed by atoms with Crippen molar-refractivity contribution >= 4 is 23.2 Å². The molecule has 0 bridgehead atoms. The van der Waals surface area contributed by atoms with E-state index in [-0.39, 0.29) is 18.4 Å². The van der Waals surface area contributed by atoms with Crippen LogP contribution in [0.1, 0.15) is 44.0 Å². The van der Waals surface area contributed by atoms with E-state index in [1.54, 1.807) is 24.3 Å². The van der Waals surface area contributed by atoms with Crippen molar-refractivity contribution in [1.29, 1.82) is 0 Å². The van der Waals surface area contributed by atoms with Gasteiger partial charge in [0.2, 0.25) is 5.91 Å². The number of hydrogen-bond acceptors (Lipinski definition) is 4. The van der Waals surface area contributed by atoms with Crippen molar-refractivity contribution in [2.45, 2.75) is 33.6 Å². The van der Waals surface area contributed by atoms with Gasteiger partial charge in [-0.05, 0) is 55.0 Å². The smallest absolute Gasteiger partial charge is 0.253 e. The number of nitrogens with zero attached hydrogens (tertiary/aromatic N) is 1. The van der Waals surface area contributed by atoms with Gasteiger partial charge in [-0.15, -0.1) is 0 Å². The lowest BCUT2D eigenvalue weighted by atomic mass is 9.98. The Morgan fingerprint density at radius 3 is 2.58 bits per heavy atom. The van der Waals surface area contributed by atoms with E-state index in [0.29, 0.717) is 29.7 Å². The summed E-state index contributed by atoms with van der Waals surface area (Å²) in [5.74, 6) is 1.66. The second kappa shape index (κ2) is 10.8. The molecule has 2 amide bonds. The average molecular weight is 424 g/mol. The van der Waals surface area contributed by atoms with Crippen molar-refractivity contribution in [1.82, 2.24) is 4.90 Å². The Bertz CT molecular complexity index is 889. The Morgan fingerprint density at radius 1 is 1.10 bits per heavy atom. The fraction of sp³-hybridized carbons (Fsp3) is 0.440. The summed E-state index contributed by atoms with van der Waals surface area (Å²) in [5, 5.41) is 6.01. The minimum atomic E-state index is -0.185. The van der Waals surface area contributed by atoms with Crippen molar-refractivity contribution in [3.05, 3.63) is 54.1 Å². The molecule has 31 heavy (non-hydrogen) atoms. The quantitative estimate of drug-likeness (QED) is 0.649.